The van der Waals surface area contributed by atoms with Crippen molar-refractivity contribution in [1.29, 1.82) is 0 Å². The number of nitrogens with two attached hydrogens (primary N) is 1. The van der Waals surface area contributed by atoms with Crippen LogP contribution in [0.5, 0.6) is 5.75 Å². The van der Waals surface area contributed by atoms with Crippen molar-refractivity contribution in [2.24, 2.45) is 0 Å². The zero-order valence-corrected chi connectivity index (χ0v) is 19.0. The molecule has 0 bridgehead atoms. The number of rotatable bonds is 7. The first-order chi connectivity index (χ1) is 15.4. The summed E-state index contributed by atoms with van der Waals surface area (Å²) < 4.78 is 5.54. The number of aromatic hydroxyl groups is 1. The van der Waals surface area contributed by atoms with Crippen LogP contribution in [0.1, 0.15) is 19.4 Å². The van der Waals surface area contributed by atoms with Crippen LogP contribution in [0.3, 0.4) is 0 Å². The van der Waals surface area contributed by atoms with Gasteiger partial charge in [-0.2, -0.15) is 0 Å². The first-order valence-corrected chi connectivity index (χ1v) is 11.2. The fourth-order valence-corrected chi connectivity index (χ4v) is 4.10. The zero-order valence-electron chi connectivity index (χ0n) is 18.2. The maximum absolute atomic E-state index is 10.4. The lowest BCUT2D eigenvalue weighted by molar-refractivity contribution is 0.434. The molecule has 0 saturated heterocycles. The van der Waals surface area contributed by atoms with E-state index in [9.17, 15) is 5.11 Å². The molecule has 2 heterocycles. The minimum Gasteiger partial charge on any atom is -0.507 e. The van der Waals surface area contributed by atoms with E-state index >= 15 is 0 Å². The van der Waals surface area contributed by atoms with Crippen LogP contribution in [0.15, 0.2) is 64.1 Å². The third-order valence-electron chi connectivity index (χ3n) is 4.79. The predicted molar refractivity (Wildman–Crippen MR) is 128 cm³/mol. The summed E-state index contributed by atoms with van der Waals surface area (Å²) in [5.41, 5.74) is 10.6. The van der Waals surface area contributed by atoms with Crippen molar-refractivity contribution >= 4 is 17.6 Å². The highest BCUT2D eigenvalue weighted by molar-refractivity contribution is 8.00. The molecule has 0 amide bonds. The molecular formula is C24H25N5O2S. The van der Waals surface area contributed by atoms with Gasteiger partial charge in [-0.25, -0.2) is 9.97 Å². The van der Waals surface area contributed by atoms with Crippen molar-refractivity contribution in [1.82, 2.24) is 20.4 Å². The molecule has 0 aliphatic heterocycles. The molecule has 0 radical (unpaired) electrons. The van der Waals surface area contributed by atoms with Crippen molar-refractivity contribution in [2.45, 2.75) is 30.5 Å². The lowest BCUT2D eigenvalue weighted by atomic mass is 10.1. The number of thioether (sulfide) groups is 1. The Morgan fingerprint density at radius 3 is 2.50 bits per heavy atom. The van der Waals surface area contributed by atoms with E-state index in [0.717, 1.165) is 22.6 Å². The molecule has 0 aliphatic rings. The Kier molecular flexibility index (Phi) is 6.43. The van der Waals surface area contributed by atoms with Crippen molar-refractivity contribution in [3.05, 3.63) is 60.3 Å². The molecule has 0 atom stereocenters. The molecule has 4 rings (SSSR count). The average molecular weight is 448 g/mol. The van der Waals surface area contributed by atoms with Crippen LogP contribution >= 0.6 is 11.8 Å². The summed E-state index contributed by atoms with van der Waals surface area (Å²) in [4.78, 5) is 9.75. The van der Waals surface area contributed by atoms with Gasteiger partial charge in [0.25, 0.3) is 0 Å². The molecule has 164 valence electrons. The van der Waals surface area contributed by atoms with E-state index in [1.165, 1.54) is 5.56 Å². The van der Waals surface area contributed by atoms with E-state index in [1.807, 2.05) is 43.4 Å². The summed E-state index contributed by atoms with van der Waals surface area (Å²) in [5.74, 6) is 0.893. The van der Waals surface area contributed by atoms with Crippen molar-refractivity contribution in [3.8, 4) is 39.7 Å². The van der Waals surface area contributed by atoms with Gasteiger partial charge in [0.05, 0.1) is 11.9 Å². The first-order valence-electron chi connectivity index (χ1n) is 10.3. The second kappa shape index (κ2) is 9.42. The largest absolute Gasteiger partial charge is 0.507 e. The molecule has 0 spiro atoms. The number of benzene rings is 2. The van der Waals surface area contributed by atoms with Gasteiger partial charge in [0.15, 0.2) is 17.3 Å². The van der Waals surface area contributed by atoms with Crippen LogP contribution < -0.4 is 11.1 Å². The lowest BCUT2D eigenvalue weighted by Crippen LogP contribution is -2.04. The molecule has 0 saturated carbocycles. The Morgan fingerprint density at radius 2 is 1.81 bits per heavy atom. The lowest BCUT2D eigenvalue weighted by Gasteiger charge is -2.09. The number of phenols is 1. The topological polar surface area (TPSA) is 110 Å². The van der Waals surface area contributed by atoms with Crippen LogP contribution in [-0.4, -0.2) is 32.5 Å². The van der Waals surface area contributed by atoms with Gasteiger partial charge in [-0.3, -0.25) is 0 Å². The van der Waals surface area contributed by atoms with Crippen molar-refractivity contribution in [2.75, 3.05) is 12.8 Å². The Morgan fingerprint density at radius 1 is 1.06 bits per heavy atom. The van der Waals surface area contributed by atoms with Gasteiger partial charge in [-0.1, -0.05) is 49.3 Å². The molecule has 4 N–H and O–H groups in total. The smallest absolute Gasteiger partial charge is 0.189 e. The van der Waals surface area contributed by atoms with Crippen molar-refractivity contribution in [3.63, 3.8) is 0 Å². The predicted octanol–water partition coefficient (Wildman–Crippen LogP) is 4.97. The average Bonchev–Trinajstić information content (AvgIpc) is 3.26. The maximum Gasteiger partial charge on any atom is 0.189 e. The summed E-state index contributed by atoms with van der Waals surface area (Å²) in [5, 5.41) is 18.1. The van der Waals surface area contributed by atoms with Gasteiger partial charge >= 0.3 is 0 Å². The molecule has 2 aromatic heterocycles. The fraction of sp³-hybridized carbons (Fsp3) is 0.208. The minimum absolute atomic E-state index is 0.213. The third-order valence-corrected chi connectivity index (χ3v) is 5.86. The van der Waals surface area contributed by atoms with E-state index in [-0.39, 0.29) is 11.6 Å². The highest BCUT2D eigenvalue weighted by atomic mass is 32.2. The highest BCUT2D eigenvalue weighted by Gasteiger charge is 2.16. The van der Waals surface area contributed by atoms with E-state index < -0.39 is 0 Å². The van der Waals surface area contributed by atoms with Gasteiger partial charge in [0.2, 0.25) is 0 Å². The van der Waals surface area contributed by atoms with E-state index in [2.05, 4.69) is 34.3 Å². The van der Waals surface area contributed by atoms with Gasteiger partial charge in [0, 0.05) is 33.9 Å². The summed E-state index contributed by atoms with van der Waals surface area (Å²) in [7, 11) is 1.91. The monoisotopic (exact) mass is 447 g/mol. The SMILES string of the molecule is CNCc1ccc(-c2cc(-c3nc(-c4ccc(SC(C)C)c(O)c4)cnc3N)on2)cc1. The second-order valence-corrected chi connectivity index (χ2v) is 9.26. The van der Waals surface area contributed by atoms with E-state index in [4.69, 9.17) is 10.3 Å². The Labute approximate surface area is 191 Å². The Bertz CT molecular complexity index is 1220. The Hall–Kier alpha value is -3.36. The number of hydrogen-bond donors (Lipinski definition) is 3. The molecule has 0 aliphatic carbocycles. The minimum atomic E-state index is 0.213. The zero-order chi connectivity index (χ0) is 22.7. The number of hydrogen-bond acceptors (Lipinski definition) is 8. The molecule has 7 nitrogen and oxygen atoms in total. The summed E-state index contributed by atoms with van der Waals surface area (Å²) in [6, 6.07) is 15.4. The summed E-state index contributed by atoms with van der Waals surface area (Å²) >= 11 is 1.60. The molecule has 0 fully saturated rings. The van der Waals surface area contributed by atoms with E-state index in [1.54, 1.807) is 30.1 Å². The normalized spacial score (nSPS) is 11.2. The second-order valence-electron chi connectivity index (χ2n) is 7.64. The van der Waals surface area contributed by atoms with Crippen LogP contribution in [0, 0.1) is 0 Å². The highest BCUT2D eigenvalue weighted by Crippen LogP contribution is 2.35. The van der Waals surface area contributed by atoms with Crippen molar-refractivity contribution < 1.29 is 9.63 Å². The molecule has 32 heavy (non-hydrogen) atoms. The number of phenolic OH excluding ortho intramolecular Hbond substituents is 1. The quantitative estimate of drug-likeness (QED) is 0.341. The van der Waals surface area contributed by atoms with Crippen LogP contribution in [0.2, 0.25) is 0 Å². The number of anilines is 1. The van der Waals surface area contributed by atoms with Crippen LogP contribution in [0.4, 0.5) is 5.82 Å². The molecule has 4 aromatic rings. The van der Waals surface area contributed by atoms with Crippen LogP contribution in [0.25, 0.3) is 34.0 Å². The molecule has 2 aromatic carbocycles. The summed E-state index contributed by atoms with van der Waals surface area (Å²) in [6.07, 6.45) is 1.58. The number of nitrogens with zero attached hydrogens (tertiary/aromatic N) is 3. The molecular weight excluding hydrogens is 422 g/mol. The molecule has 8 heteroatoms. The van der Waals surface area contributed by atoms with Gasteiger partial charge in [-0.05, 0) is 24.7 Å². The van der Waals surface area contributed by atoms with Gasteiger partial charge in [-0.15, -0.1) is 11.8 Å². The maximum atomic E-state index is 10.4. The van der Waals surface area contributed by atoms with E-state index in [0.29, 0.717) is 28.1 Å². The number of nitrogen functional groups attached to an aromatic ring is 1. The Balaban J connectivity index is 1.63. The number of nitrogens with one attached hydrogen (secondary N) is 1. The first kappa shape index (κ1) is 21.9. The number of aromatic nitrogens is 3. The van der Waals surface area contributed by atoms with Crippen LogP contribution in [-0.2, 0) is 6.54 Å². The fourth-order valence-electron chi connectivity index (χ4n) is 3.27. The summed E-state index contributed by atoms with van der Waals surface area (Å²) in [6.45, 7) is 4.96. The van der Waals surface area contributed by atoms with Gasteiger partial charge < -0.3 is 20.7 Å². The van der Waals surface area contributed by atoms with Gasteiger partial charge in [0.1, 0.15) is 11.4 Å². The third kappa shape index (κ3) is 4.76. The molecule has 0 unspecified atom stereocenters. The standard InChI is InChI=1S/C24H25N5O2S/c1-14(2)32-22-9-8-17(10-20(22)30)19-13-27-24(25)23(28-19)21-11-18(29-31-21)16-6-4-15(5-7-16)12-26-3/h4-11,13-14,26,30H,12H2,1-3H3,(H2,25,27).